The smallest absolute Gasteiger partial charge is 0.297 e. The van der Waals surface area contributed by atoms with E-state index in [1.54, 1.807) is 18.5 Å². The predicted molar refractivity (Wildman–Crippen MR) is 63.4 cm³/mol. The summed E-state index contributed by atoms with van der Waals surface area (Å²) in [7, 11) is 1.39. The van der Waals surface area contributed by atoms with E-state index in [2.05, 4.69) is 9.97 Å². The lowest BCUT2D eigenvalue weighted by atomic mass is 10.3. The van der Waals surface area contributed by atoms with Crippen LogP contribution in [0.5, 0.6) is 5.75 Å². The van der Waals surface area contributed by atoms with E-state index < -0.39 is 0 Å². The maximum atomic E-state index is 11.9. The lowest BCUT2D eigenvalue weighted by molar-refractivity contribution is 0.401. The van der Waals surface area contributed by atoms with Gasteiger partial charge in [0.1, 0.15) is 0 Å². The van der Waals surface area contributed by atoms with E-state index in [1.165, 1.54) is 18.0 Å². The molecule has 6 heteroatoms. The van der Waals surface area contributed by atoms with Gasteiger partial charge < -0.3 is 4.74 Å². The molecule has 0 aliphatic heterocycles. The van der Waals surface area contributed by atoms with Gasteiger partial charge in [-0.25, -0.2) is 4.98 Å². The summed E-state index contributed by atoms with van der Waals surface area (Å²) in [5.74, 6) is 0.0538. The van der Waals surface area contributed by atoms with Gasteiger partial charge in [-0.15, -0.1) is 0 Å². The summed E-state index contributed by atoms with van der Waals surface area (Å²) in [6.07, 6.45) is 4.75. The Kier molecular flexibility index (Phi) is 3.39. The first-order valence-electron chi connectivity index (χ1n) is 4.90. The molecule has 17 heavy (non-hydrogen) atoms. The van der Waals surface area contributed by atoms with Crippen LogP contribution in [0.2, 0.25) is 5.15 Å². The molecule has 2 rings (SSSR count). The number of hydrogen-bond acceptors (Lipinski definition) is 4. The minimum absolute atomic E-state index is 0.0538. The summed E-state index contributed by atoms with van der Waals surface area (Å²) in [6.45, 7) is 0.382. The topological polar surface area (TPSA) is 57.0 Å². The molecule has 0 saturated carbocycles. The molecule has 88 valence electrons. The quantitative estimate of drug-likeness (QED) is 0.773. The summed E-state index contributed by atoms with van der Waals surface area (Å²) in [4.78, 5) is 19.8. The van der Waals surface area contributed by atoms with Crippen molar-refractivity contribution in [3.63, 3.8) is 0 Å². The summed E-state index contributed by atoms with van der Waals surface area (Å²) in [6, 6.07) is 3.68. The second kappa shape index (κ2) is 4.97. The molecule has 0 aliphatic carbocycles. The Morgan fingerprint density at radius 1 is 1.53 bits per heavy atom. The van der Waals surface area contributed by atoms with Crippen LogP contribution in [-0.4, -0.2) is 21.6 Å². The van der Waals surface area contributed by atoms with Crippen molar-refractivity contribution in [2.24, 2.45) is 0 Å². The zero-order valence-corrected chi connectivity index (χ0v) is 9.89. The number of hydrogen-bond donors (Lipinski definition) is 0. The molecule has 5 nitrogen and oxygen atoms in total. The van der Waals surface area contributed by atoms with Crippen LogP contribution in [0, 0.1) is 0 Å². The first-order valence-corrected chi connectivity index (χ1v) is 5.28. The third-order valence-electron chi connectivity index (χ3n) is 2.23. The first-order chi connectivity index (χ1) is 8.22. The molecule has 0 atom stereocenters. The van der Waals surface area contributed by atoms with Gasteiger partial charge in [-0.3, -0.25) is 14.3 Å². The molecule has 0 unspecified atom stereocenters. The van der Waals surface area contributed by atoms with Crippen LogP contribution in [0.25, 0.3) is 0 Å². The average Bonchev–Trinajstić information content (AvgIpc) is 2.35. The van der Waals surface area contributed by atoms with Crippen molar-refractivity contribution in [3.8, 4) is 5.75 Å². The summed E-state index contributed by atoms with van der Waals surface area (Å²) in [5, 5.41) is 0.0694. The fourth-order valence-corrected chi connectivity index (χ4v) is 1.62. The van der Waals surface area contributed by atoms with Crippen molar-refractivity contribution < 1.29 is 4.74 Å². The number of methoxy groups -OCH3 is 1. The Balaban J connectivity index is 2.38. The minimum Gasteiger partial charge on any atom is -0.489 e. The van der Waals surface area contributed by atoms with E-state index in [0.29, 0.717) is 6.54 Å². The molecule has 2 aromatic rings. The maximum absolute atomic E-state index is 11.9. The highest BCUT2D eigenvalue weighted by atomic mass is 35.5. The van der Waals surface area contributed by atoms with Crippen molar-refractivity contribution in [2.45, 2.75) is 6.54 Å². The number of pyridine rings is 1. The van der Waals surface area contributed by atoms with Gasteiger partial charge in [0, 0.05) is 12.4 Å². The Morgan fingerprint density at radius 2 is 2.35 bits per heavy atom. The highest BCUT2D eigenvalue weighted by Crippen LogP contribution is 2.15. The van der Waals surface area contributed by atoms with Crippen molar-refractivity contribution in [1.82, 2.24) is 14.5 Å². The highest BCUT2D eigenvalue weighted by molar-refractivity contribution is 6.30. The number of halogens is 1. The third kappa shape index (κ3) is 2.45. The van der Waals surface area contributed by atoms with E-state index in [4.69, 9.17) is 16.3 Å². The number of rotatable bonds is 3. The van der Waals surface area contributed by atoms with Gasteiger partial charge in [-0.2, -0.15) is 0 Å². The largest absolute Gasteiger partial charge is 0.489 e. The fraction of sp³-hybridized carbons (Fsp3) is 0.182. The Labute approximate surface area is 103 Å². The van der Waals surface area contributed by atoms with Gasteiger partial charge in [0.2, 0.25) is 5.75 Å². The Hall–Kier alpha value is -1.88. The molecule has 0 fully saturated rings. The second-order valence-corrected chi connectivity index (χ2v) is 3.72. The van der Waals surface area contributed by atoms with Crippen LogP contribution in [0.1, 0.15) is 5.56 Å². The van der Waals surface area contributed by atoms with E-state index in [0.717, 1.165) is 5.56 Å². The summed E-state index contributed by atoms with van der Waals surface area (Å²) >= 11 is 5.74. The number of nitrogens with zero attached hydrogens (tertiary/aromatic N) is 3. The van der Waals surface area contributed by atoms with Crippen molar-refractivity contribution in [3.05, 3.63) is 51.9 Å². The average molecular weight is 252 g/mol. The van der Waals surface area contributed by atoms with Gasteiger partial charge in [-0.05, 0) is 11.6 Å². The number of ether oxygens (including phenoxy) is 1. The van der Waals surface area contributed by atoms with Crippen LogP contribution in [0.4, 0.5) is 0 Å². The zero-order valence-electron chi connectivity index (χ0n) is 9.13. The molecule has 2 heterocycles. The summed E-state index contributed by atoms with van der Waals surface area (Å²) < 4.78 is 6.33. The lowest BCUT2D eigenvalue weighted by Crippen LogP contribution is -2.22. The van der Waals surface area contributed by atoms with Crippen LogP contribution in [0.3, 0.4) is 0 Å². The van der Waals surface area contributed by atoms with Crippen LogP contribution >= 0.6 is 11.6 Å². The normalized spacial score (nSPS) is 10.2. The monoisotopic (exact) mass is 251 g/mol. The van der Waals surface area contributed by atoms with Crippen molar-refractivity contribution >= 4 is 11.6 Å². The standard InChI is InChI=1S/C11H10ClN3O2/c1-17-9-10(12)14-7-15(11(9)16)6-8-3-2-4-13-5-8/h2-5,7H,6H2,1H3. The van der Waals surface area contributed by atoms with E-state index >= 15 is 0 Å². The molecule has 0 bridgehead atoms. The Bertz CT molecular complexity index is 569. The van der Waals surface area contributed by atoms with Gasteiger partial charge in [0.15, 0.2) is 5.15 Å². The third-order valence-corrected chi connectivity index (χ3v) is 2.50. The van der Waals surface area contributed by atoms with Gasteiger partial charge in [-0.1, -0.05) is 17.7 Å². The van der Waals surface area contributed by atoms with Gasteiger partial charge >= 0.3 is 0 Å². The molecule has 0 saturated heterocycles. The van der Waals surface area contributed by atoms with Gasteiger partial charge in [0.05, 0.1) is 20.0 Å². The predicted octanol–water partition coefficient (Wildman–Crippen LogP) is 1.35. The molecule has 2 aromatic heterocycles. The molecule has 0 radical (unpaired) electrons. The maximum Gasteiger partial charge on any atom is 0.297 e. The van der Waals surface area contributed by atoms with Crippen LogP contribution in [0.15, 0.2) is 35.6 Å². The first kappa shape index (κ1) is 11.6. The van der Waals surface area contributed by atoms with Crippen molar-refractivity contribution in [1.29, 1.82) is 0 Å². The molecular weight excluding hydrogens is 242 g/mol. The van der Waals surface area contributed by atoms with Crippen LogP contribution < -0.4 is 10.3 Å². The highest BCUT2D eigenvalue weighted by Gasteiger charge is 2.10. The summed E-state index contributed by atoms with van der Waals surface area (Å²) in [5.41, 5.74) is 0.595. The SMILES string of the molecule is COc1c(Cl)ncn(Cc2cccnc2)c1=O. The van der Waals surface area contributed by atoms with Gasteiger partial charge in [0.25, 0.3) is 5.56 Å². The second-order valence-electron chi connectivity index (χ2n) is 3.36. The van der Waals surface area contributed by atoms with E-state index in [1.807, 2.05) is 6.07 Å². The number of aromatic nitrogens is 3. The minimum atomic E-state index is -0.309. The Morgan fingerprint density at radius 3 is 3.00 bits per heavy atom. The molecule has 0 aliphatic rings. The lowest BCUT2D eigenvalue weighted by Gasteiger charge is -2.07. The molecule has 0 amide bonds. The molecule has 0 N–H and O–H groups in total. The van der Waals surface area contributed by atoms with E-state index in [9.17, 15) is 4.79 Å². The zero-order chi connectivity index (χ0) is 12.3. The molecule has 0 aromatic carbocycles. The van der Waals surface area contributed by atoms with E-state index in [-0.39, 0.29) is 16.5 Å². The molecular formula is C11H10ClN3O2. The molecule has 0 spiro atoms. The van der Waals surface area contributed by atoms with Crippen molar-refractivity contribution in [2.75, 3.05) is 7.11 Å². The fourth-order valence-electron chi connectivity index (χ4n) is 1.42. The van der Waals surface area contributed by atoms with Crippen LogP contribution in [-0.2, 0) is 6.54 Å².